The van der Waals surface area contributed by atoms with Crippen molar-refractivity contribution < 1.29 is 0 Å². The van der Waals surface area contributed by atoms with Gasteiger partial charge < -0.3 is 9.13 Å². The minimum Gasteiger partial charge on any atom is -0.309 e. The Hall–Kier alpha value is -6.37. The molecule has 0 saturated carbocycles. The highest BCUT2D eigenvalue weighted by molar-refractivity contribution is 6.11. The molecule has 0 amide bonds. The van der Waals surface area contributed by atoms with Crippen molar-refractivity contribution in [3.8, 4) is 39.7 Å². The topological polar surface area (TPSA) is 33.6 Å². The molecule has 0 saturated heterocycles. The first-order valence-corrected chi connectivity index (χ1v) is 15.5. The Morgan fingerprint density at radius 1 is 0.370 bits per heavy atom. The third-order valence-corrected chi connectivity index (χ3v) is 9.19. The van der Waals surface area contributed by atoms with Gasteiger partial charge in [-0.3, -0.25) is 0 Å². The number of aromatic nitrogens is 2. The smallest absolute Gasteiger partial charge is 0.0998 e. The molecule has 0 spiro atoms. The number of rotatable bonds is 4. The quantitative estimate of drug-likeness (QED) is 0.202. The van der Waals surface area contributed by atoms with E-state index in [-0.39, 0.29) is 0 Å². The summed E-state index contributed by atoms with van der Waals surface area (Å²) in [4.78, 5) is 0. The van der Waals surface area contributed by atoms with Crippen molar-refractivity contribution in [2.24, 2.45) is 0 Å². The minimum atomic E-state index is 0.661. The molecule has 3 nitrogen and oxygen atoms in total. The molecule has 9 aromatic rings. The SMILES string of the molecule is N#Cc1ccccc1-c1ccc(-n2c3ccccc3c3ccccc32)c(-c2ccccc2-n2c3ccccc3c3ccccc32)c1. The Kier molecular flexibility index (Phi) is 5.88. The van der Waals surface area contributed by atoms with E-state index in [4.69, 9.17) is 0 Å². The first kappa shape index (κ1) is 26.1. The summed E-state index contributed by atoms with van der Waals surface area (Å²) < 4.78 is 4.79. The van der Waals surface area contributed by atoms with Gasteiger partial charge in [0.05, 0.1) is 45.1 Å². The van der Waals surface area contributed by atoms with Crippen LogP contribution in [-0.4, -0.2) is 9.13 Å². The van der Waals surface area contributed by atoms with Crippen LogP contribution in [0.3, 0.4) is 0 Å². The van der Waals surface area contributed by atoms with Crippen molar-refractivity contribution >= 4 is 43.6 Å². The van der Waals surface area contributed by atoms with E-state index < -0.39 is 0 Å². The molecule has 2 heterocycles. The number of nitrogens with zero attached hydrogens (tertiary/aromatic N) is 3. The summed E-state index contributed by atoms with van der Waals surface area (Å²) in [5.74, 6) is 0. The van der Waals surface area contributed by atoms with Crippen LogP contribution in [-0.2, 0) is 0 Å². The zero-order valence-corrected chi connectivity index (χ0v) is 24.9. The number of hydrogen-bond acceptors (Lipinski definition) is 1. The number of hydrogen-bond donors (Lipinski definition) is 0. The van der Waals surface area contributed by atoms with Gasteiger partial charge in [0.25, 0.3) is 0 Å². The summed E-state index contributed by atoms with van der Waals surface area (Å²) in [7, 11) is 0. The summed E-state index contributed by atoms with van der Waals surface area (Å²) in [6, 6.07) is 60.2. The van der Waals surface area contributed by atoms with Gasteiger partial charge in [0, 0.05) is 32.7 Å². The lowest BCUT2D eigenvalue weighted by molar-refractivity contribution is 1.16. The second-order valence-electron chi connectivity index (χ2n) is 11.6. The molecule has 0 atom stereocenters. The van der Waals surface area contributed by atoms with Gasteiger partial charge in [-0.25, -0.2) is 0 Å². The van der Waals surface area contributed by atoms with E-state index in [2.05, 4.69) is 155 Å². The molecular formula is C43H27N3. The predicted molar refractivity (Wildman–Crippen MR) is 191 cm³/mol. The van der Waals surface area contributed by atoms with Gasteiger partial charge in [0.2, 0.25) is 0 Å². The molecule has 9 rings (SSSR count). The molecule has 46 heavy (non-hydrogen) atoms. The lowest BCUT2D eigenvalue weighted by atomic mass is 9.94. The predicted octanol–water partition coefficient (Wildman–Crippen LogP) is 11.1. The Bertz CT molecular complexity index is 2560. The van der Waals surface area contributed by atoms with Gasteiger partial charge in [-0.15, -0.1) is 0 Å². The van der Waals surface area contributed by atoms with Crippen LogP contribution in [0.15, 0.2) is 164 Å². The van der Waals surface area contributed by atoms with Gasteiger partial charge in [0.15, 0.2) is 0 Å². The lowest BCUT2D eigenvalue weighted by Crippen LogP contribution is -2.02. The third-order valence-electron chi connectivity index (χ3n) is 9.19. The van der Waals surface area contributed by atoms with Gasteiger partial charge >= 0.3 is 0 Å². The van der Waals surface area contributed by atoms with E-state index in [0.29, 0.717) is 5.56 Å². The molecule has 0 aliphatic carbocycles. The molecule has 0 radical (unpaired) electrons. The Labute approximate surface area is 266 Å². The summed E-state index contributed by atoms with van der Waals surface area (Å²) >= 11 is 0. The van der Waals surface area contributed by atoms with Crippen LogP contribution in [0.4, 0.5) is 0 Å². The van der Waals surface area contributed by atoms with Crippen molar-refractivity contribution in [2.45, 2.75) is 0 Å². The Balaban J connectivity index is 1.41. The van der Waals surface area contributed by atoms with E-state index >= 15 is 0 Å². The van der Waals surface area contributed by atoms with Crippen LogP contribution >= 0.6 is 0 Å². The van der Waals surface area contributed by atoms with Gasteiger partial charge in [-0.05, 0) is 59.7 Å². The summed E-state index contributed by atoms with van der Waals surface area (Å²) in [6.45, 7) is 0. The highest BCUT2D eigenvalue weighted by Gasteiger charge is 2.21. The van der Waals surface area contributed by atoms with Gasteiger partial charge in [-0.2, -0.15) is 5.26 Å². The molecule has 0 aliphatic heterocycles. The fourth-order valence-corrected chi connectivity index (χ4v) is 7.21. The standard InChI is InChI=1S/C43H27N3/c44-28-30-13-1-2-14-31(30)29-25-26-43(46-40-22-10-5-17-34(40)35-18-6-11-23-41(35)46)37(27-29)36-19-7-12-24-42(36)45-38-20-8-3-15-32(38)33-16-4-9-21-39(33)45/h1-27H. The fraction of sp³-hybridized carbons (Fsp3) is 0. The van der Waals surface area contributed by atoms with Crippen LogP contribution in [0.1, 0.15) is 5.56 Å². The Morgan fingerprint density at radius 2 is 0.783 bits per heavy atom. The van der Waals surface area contributed by atoms with E-state index in [0.717, 1.165) is 44.7 Å². The number of para-hydroxylation sites is 5. The molecule has 2 aromatic heterocycles. The van der Waals surface area contributed by atoms with Crippen molar-refractivity contribution in [1.29, 1.82) is 5.26 Å². The van der Waals surface area contributed by atoms with Gasteiger partial charge in [0.1, 0.15) is 0 Å². The number of benzene rings is 7. The average molecular weight is 586 g/mol. The van der Waals surface area contributed by atoms with E-state index in [1.54, 1.807) is 0 Å². The lowest BCUT2D eigenvalue weighted by Gasteiger charge is -2.20. The van der Waals surface area contributed by atoms with Gasteiger partial charge in [-0.1, -0.05) is 115 Å². The zero-order chi connectivity index (χ0) is 30.6. The average Bonchev–Trinajstić information content (AvgIpc) is 3.64. The van der Waals surface area contributed by atoms with E-state index in [1.807, 2.05) is 24.3 Å². The first-order chi connectivity index (χ1) is 22.8. The van der Waals surface area contributed by atoms with Crippen LogP contribution in [0.25, 0.3) is 77.2 Å². The molecule has 3 heteroatoms. The van der Waals surface area contributed by atoms with Crippen molar-refractivity contribution in [2.75, 3.05) is 0 Å². The fourth-order valence-electron chi connectivity index (χ4n) is 7.21. The van der Waals surface area contributed by atoms with Crippen molar-refractivity contribution in [1.82, 2.24) is 9.13 Å². The summed E-state index contributed by atoms with van der Waals surface area (Å²) in [5, 5.41) is 14.9. The number of nitriles is 1. The molecular weight excluding hydrogens is 558 g/mol. The van der Waals surface area contributed by atoms with E-state index in [1.165, 1.54) is 32.6 Å². The third kappa shape index (κ3) is 3.84. The Morgan fingerprint density at radius 3 is 1.30 bits per heavy atom. The van der Waals surface area contributed by atoms with Crippen molar-refractivity contribution in [3.63, 3.8) is 0 Å². The normalized spacial score (nSPS) is 11.5. The maximum atomic E-state index is 10.0. The zero-order valence-electron chi connectivity index (χ0n) is 24.9. The number of fused-ring (bicyclic) bond motifs is 6. The van der Waals surface area contributed by atoms with Crippen LogP contribution in [0, 0.1) is 11.3 Å². The second kappa shape index (κ2) is 10.4. The monoisotopic (exact) mass is 585 g/mol. The second-order valence-corrected chi connectivity index (χ2v) is 11.6. The maximum Gasteiger partial charge on any atom is 0.0998 e. The highest BCUT2D eigenvalue weighted by atomic mass is 15.0. The van der Waals surface area contributed by atoms with E-state index in [9.17, 15) is 5.26 Å². The van der Waals surface area contributed by atoms with Crippen LogP contribution in [0.5, 0.6) is 0 Å². The molecule has 0 fully saturated rings. The first-order valence-electron chi connectivity index (χ1n) is 15.5. The molecule has 0 bridgehead atoms. The summed E-state index contributed by atoms with van der Waals surface area (Å²) in [6.07, 6.45) is 0. The molecule has 0 unspecified atom stereocenters. The molecule has 0 N–H and O–H groups in total. The summed E-state index contributed by atoms with van der Waals surface area (Å²) in [5.41, 5.74) is 11.6. The highest BCUT2D eigenvalue weighted by Crippen LogP contribution is 2.42. The molecule has 214 valence electrons. The molecule has 7 aromatic carbocycles. The minimum absolute atomic E-state index is 0.661. The maximum absolute atomic E-state index is 10.0. The van der Waals surface area contributed by atoms with Crippen LogP contribution < -0.4 is 0 Å². The molecule has 0 aliphatic rings. The van der Waals surface area contributed by atoms with Crippen molar-refractivity contribution in [3.05, 3.63) is 169 Å². The van der Waals surface area contributed by atoms with Crippen LogP contribution in [0.2, 0.25) is 0 Å². The largest absolute Gasteiger partial charge is 0.309 e.